The Balaban J connectivity index is 0.00000176. The van der Waals surface area contributed by atoms with Crippen LogP contribution in [0.15, 0.2) is 30.5 Å². The van der Waals surface area contributed by atoms with Gasteiger partial charge in [0.25, 0.3) is 5.91 Å². The van der Waals surface area contributed by atoms with Crippen molar-refractivity contribution in [2.45, 2.75) is 12.5 Å². The zero-order chi connectivity index (χ0) is 14.8. The lowest BCUT2D eigenvalue weighted by atomic mass is 10.2. The van der Waals surface area contributed by atoms with Crippen LogP contribution in [-0.2, 0) is 0 Å². The van der Waals surface area contributed by atoms with Crippen molar-refractivity contribution in [3.8, 4) is 5.69 Å². The molecule has 118 valence electrons. The number of carbonyl (C=O) groups is 1. The van der Waals surface area contributed by atoms with Gasteiger partial charge in [0.1, 0.15) is 0 Å². The zero-order valence-corrected chi connectivity index (χ0v) is 13.9. The summed E-state index contributed by atoms with van der Waals surface area (Å²) in [4.78, 5) is 12.1. The maximum absolute atomic E-state index is 12.1. The highest BCUT2D eigenvalue weighted by Gasteiger charge is 2.19. The van der Waals surface area contributed by atoms with E-state index in [0.717, 1.165) is 25.2 Å². The first-order chi connectivity index (χ1) is 10.1. The highest BCUT2D eigenvalue weighted by atomic mass is 35.5. The van der Waals surface area contributed by atoms with Gasteiger partial charge in [0.2, 0.25) is 0 Å². The Hall–Kier alpha value is -1.27. The van der Waals surface area contributed by atoms with Gasteiger partial charge in [-0.25, -0.2) is 4.68 Å². The SMILES string of the molecule is Cl.O=C(NC1CCNC1)c1ccn(-c2ccc(Cl)c(Cl)c2)n1. The minimum atomic E-state index is -0.164. The van der Waals surface area contributed by atoms with Crippen molar-refractivity contribution in [2.24, 2.45) is 0 Å². The third kappa shape index (κ3) is 3.73. The number of hydrogen-bond acceptors (Lipinski definition) is 3. The van der Waals surface area contributed by atoms with Crippen molar-refractivity contribution in [3.63, 3.8) is 0 Å². The maximum Gasteiger partial charge on any atom is 0.272 e. The molecule has 0 radical (unpaired) electrons. The highest BCUT2D eigenvalue weighted by Crippen LogP contribution is 2.24. The molecule has 1 fully saturated rings. The summed E-state index contributed by atoms with van der Waals surface area (Å²) in [6.07, 6.45) is 2.67. The largest absolute Gasteiger partial charge is 0.347 e. The summed E-state index contributed by atoms with van der Waals surface area (Å²) in [6, 6.07) is 7.06. The predicted molar refractivity (Wildman–Crippen MR) is 89.6 cm³/mol. The Labute approximate surface area is 144 Å². The minimum absolute atomic E-state index is 0. The number of benzene rings is 1. The van der Waals surface area contributed by atoms with Crippen molar-refractivity contribution < 1.29 is 4.79 Å². The van der Waals surface area contributed by atoms with Crippen LogP contribution in [-0.4, -0.2) is 34.8 Å². The fourth-order valence-electron chi connectivity index (χ4n) is 2.25. The molecule has 1 unspecified atom stereocenters. The number of amides is 1. The summed E-state index contributed by atoms with van der Waals surface area (Å²) in [7, 11) is 0. The Kier molecular flexibility index (Phi) is 5.69. The van der Waals surface area contributed by atoms with Gasteiger partial charge < -0.3 is 10.6 Å². The molecule has 1 atom stereocenters. The zero-order valence-electron chi connectivity index (χ0n) is 11.6. The molecular formula is C14H15Cl3N4O. The maximum atomic E-state index is 12.1. The summed E-state index contributed by atoms with van der Waals surface area (Å²) >= 11 is 11.9. The molecule has 1 aliphatic rings. The molecule has 22 heavy (non-hydrogen) atoms. The van der Waals surface area contributed by atoms with Crippen LogP contribution in [0, 0.1) is 0 Å². The number of rotatable bonds is 3. The van der Waals surface area contributed by atoms with Crippen molar-refractivity contribution in [1.82, 2.24) is 20.4 Å². The van der Waals surface area contributed by atoms with Gasteiger partial charge in [-0.3, -0.25) is 4.79 Å². The summed E-state index contributed by atoms with van der Waals surface area (Å²) in [5.41, 5.74) is 1.14. The lowest BCUT2D eigenvalue weighted by Crippen LogP contribution is -2.36. The number of carbonyl (C=O) groups excluding carboxylic acids is 1. The van der Waals surface area contributed by atoms with Crippen LogP contribution in [0.4, 0.5) is 0 Å². The molecule has 2 heterocycles. The Morgan fingerprint density at radius 1 is 1.32 bits per heavy atom. The monoisotopic (exact) mass is 360 g/mol. The number of nitrogens with zero attached hydrogens (tertiary/aromatic N) is 2. The van der Waals surface area contributed by atoms with Crippen LogP contribution < -0.4 is 10.6 Å². The number of nitrogens with one attached hydrogen (secondary N) is 2. The molecular weight excluding hydrogens is 347 g/mol. The van der Waals surface area contributed by atoms with E-state index in [2.05, 4.69) is 15.7 Å². The van der Waals surface area contributed by atoms with E-state index < -0.39 is 0 Å². The van der Waals surface area contributed by atoms with Crippen LogP contribution in [0.25, 0.3) is 5.69 Å². The normalized spacial score (nSPS) is 17.1. The molecule has 1 aromatic carbocycles. The average molecular weight is 362 g/mol. The number of aromatic nitrogens is 2. The number of halogens is 3. The molecule has 0 bridgehead atoms. The molecule has 8 heteroatoms. The minimum Gasteiger partial charge on any atom is -0.347 e. The van der Waals surface area contributed by atoms with Gasteiger partial charge >= 0.3 is 0 Å². The lowest BCUT2D eigenvalue weighted by Gasteiger charge is -2.09. The van der Waals surface area contributed by atoms with E-state index in [-0.39, 0.29) is 24.4 Å². The molecule has 1 aliphatic heterocycles. The van der Waals surface area contributed by atoms with Crippen LogP contribution in [0.5, 0.6) is 0 Å². The molecule has 0 spiro atoms. The van der Waals surface area contributed by atoms with Gasteiger partial charge in [-0.2, -0.15) is 5.10 Å². The summed E-state index contributed by atoms with van der Waals surface area (Å²) in [5.74, 6) is -0.164. The first-order valence-corrected chi connectivity index (χ1v) is 7.42. The van der Waals surface area contributed by atoms with E-state index in [1.165, 1.54) is 0 Å². The number of hydrogen-bond donors (Lipinski definition) is 2. The van der Waals surface area contributed by atoms with E-state index in [9.17, 15) is 4.79 Å². The van der Waals surface area contributed by atoms with Crippen molar-refractivity contribution in [1.29, 1.82) is 0 Å². The van der Waals surface area contributed by atoms with E-state index >= 15 is 0 Å². The molecule has 1 saturated heterocycles. The fraction of sp³-hybridized carbons (Fsp3) is 0.286. The van der Waals surface area contributed by atoms with Gasteiger partial charge in [0, 0.05) is 18.8 Å². The van der Waals surface area contributed by atoms with Gasteiger partial charge in [0.05, 0.1) is 15.7 Å². The Bertz CT molecular complexity index is 668. The van der Waals surface area contributed by atoms with Crippen LogP contribution in [0.1, 0.15) is 16.9 Å². The van der Waals surface area contributed by atoms with Crippen LogP contribution in [0.3, 0.4) is 0 Å². The molecule has 2 aromatic rings. The van der Waals surface area contributed by atoms with E-state index in [1.54, 1.807) is 35.1 Å². The third-order valence-electron chi connectivity index (χ3n) is 3.38. The second-order valence-corrected chi connectivity index (χ2v) is 5.72. The molecule has 1 amide bonds. The Morgan fingerprint density at radius 3 is 2.82 bits per heavy atom. The average Bonchev–Trinajstić information content (AvgIpc) is 3.12. The smallest absolute Gasteiger partial charge is 0.272 e. The molecule has 0 saturated carbocycles. The second-order valence-electron chi connectivity index (χ2n) is 4.91. The first kappa shape index (κ1) is 17.1. The van der Waals surface area contributed by atoms with E-state index in [4.69, 9.17) is 23.2 Å². The summed E-state index contributed by atoms with van der Waals surface area (Å²) < 4.78 is 1.60. The molecule has 2 N–H and O–H groups in total. The van der Waals surface area contributed by atoms with Crippen LogP contribution in [0.2, 0.25) is 10.0 Å². The highest BCUT2D eigenvalue weighted by molar-refractivity contribution is 6.42. The van der Waals surface area contributed by atoms with E-state index in [0.29, 0.717) is 15.7 Å². The first-order valence-electron chi connectivity index (χ1n) is 6.66. The van der Waals surface area contributed by atoms with E-state index in [1.807, 2.05) is 0 Å². The standard InChI is InChI=1S/C14H14Cl2N4O.ClH/c15-11-2-1-10(7-12(11)16)20-6-4-13(19-20)14(21)18-9-3-5-17-8-9;/h1-2,4,6-7,9,17H,3,5,8H2,(H,18,21);1H. The Morgan fingerprint density at radius 2 is 2.14 bits per heavy atom. The third-order valence-corrected chi connectivity index (χ3v) is 4.12. The molecule has 1 aromatic heterocycles. The molecule has 3 rings (SSSR count). The fourth-order valence-corrected chi connectivity index (χ4v) is 2.55. The van der Waals surface area contributed by atoms with Gasteiger partial charge in [-0.1, -0.05) is 23.2 Å². The second kappa shape index (κ2) is 7.33. The molecule has 5 nitrogen and oxygen atoms in total. The lowest BCUT2D eigenvalue weighted by molar-refractivity contribution is 0.0934. The van der Waals surface area contributed by atoms with Gasteiger partial charge in [-0.15, -0.1) is 12.4 Å². The van der Waals surface area contributed by atoms with Crippen molar-refractivity contribution in [2.75, 3.05) is 13.1 Å². The predicted octanol–water partition coefficient (Wildman–Crippen LogP) is 2.69. The topological polar surface area (TPSA) is 59.0 Å². The van der Waals surface area contributed by atoms with Crippen molar-refractivity contribution in [3.05, 3.63) is 46.2 Å². The van der Waals surface area contributed by atoms with Gasteiger partial charge in [-0.05, 0) is 37.2 Å². The van der Waals surface area contributed by atoms with Crippen molar-refractivity contribution >= 4 is 41.5 Å². The quantitative estimate of drug-likeness (QED) is 0.883. The van der Waals surface area contributed by atoms with Crippen LogP contribution >= 0.6 is 35.6 Å². The molecule has 0 aliphatic carbocycles. The summed E-state index contributed by atoms with van der Waals surface area (Å²) in [6.45, 7) is 1.74. The van der Waals surface area contributed by atoms with Gasteiger partial charge in [0.15, 0.2) is 5.69 Å². The summed E-state index contributed by atoms with van der Waals surface area (Å²) in [5, 5.41) is 11.4.